The zero-order valence-electron chi connectivity index (χ0n) is 16.2. The Labute approximate surface area is 176 Å². The summed E-state index contributed by atoms with van der Waals surface area (Å²) >= 11 is 1.60. The number of aromatic nitrogens is 2. The van der Waals surface area contributed by atoms with Gasteiger partial charge in [-0.2, -0.15) is 0 Å². The summed E-state index contributed by atoms with van der Waals surface area (Å²) in [6, 6.07) is 9.04. The highest BCUT2D eigenvalue weighted by molar-refractivity contribution is 7.13. The van der Waals surface area contributed by atoms with Crippen LogP contribution in [0.3, 0.4) is 0 Å². The van der Waals surface area contributed by atoms with E-state index in [1.165, 1.54) is 4.90 Å². The number of rotatable bonds is 5. The Kier molecular flexibility index (Phi) is 4.54. The first-order chi connectivity index (χ1) is 14.5. The van der Waals surface area contributed by atoms with Crippen LogP contribution in [0.4, 0.5) is 10.5 Å². The number of hydrogen-bond donors (Lipinski definition) is 3. The standard InChI is InChI=1S/C21H21N5O3S/c27-17(7-10-26-19(28)21(25-20(26)29)8-1-2-9-21)22-13-5-6-14-15(12-13)24-18(23-14)16-4-3-11-30-16/h3-6,11-12H,1-2,7-10H2,(H,22,27)(H,23,24)(H,25,29). The number of anilines is 1. The number of carbonyl (C=O) groups is 3. The quantitative estimate of drug-likeness (QED) is 0.546. The molecule has 8 nitrogen and oxygen atoms in total. The highest BCUT2D eigenvalue weighted by atomic mass is 32.1. The monoisotopic (exact) mass is 423 g/mol. The number of thiophene rings is 1. The van der Waals surface area contributed by atoms with Crippen LogP contribution < -0.4 is 10.6 Å². The minimum atomic E-state index is -0.737. The van der Waals surface area contributed by atoms with Crippen molar-refractivity contribution in [1.29, 1.82) is 0 Å². The molecular formula is C21H21N5O3S. The molecule has 1 saturated heterocycles. The van der Waals surface area contributed by atoms with Crippen molar-refractivity contribution in [2.45, 2.75) is 37.6 Å². The van der Waals surface area contributed by atoms with Gasteiger partial charge in [-0.05, 0) is 42.5 Å². The number of urea groups is 1. The minimum Gasteiger partial charge on any atom is -0.337 e. The molecule has 3 aromatic rings. The molecule has 0 atom stereocenters. The maximum atomic E-state index is 12.7. The number of imidazole rings is 1. The lowest BCUT2D eigenvalue weighted by molar-refractivity contribution is -0.131. The van der Waals surface area contributed by atoms with E-state index in [1.807, 2.05) is 29.6 Å². The number of carbonyl (C=O) groups excluding carboxylic acids is 3. The smallest absolute Gasteiger partial charge is 0.325 e. The number of imide groups is 1. The Morgan fingerprint density at radius 2 is 2.07 bits per heavy atom. The molecule has 0 bridgehead atoms. The predicted molar refractivity (Wildman–Crippen MR) is 114 cm³/mol. The van der Waals surface area contributed by atoms with E-state index < -0.39 is 11.6 Å². The second-order valence-corrected chi connectivity index (χ2v) is 8.72. The molecule has 1 spiro atoms. The molecule has 1 aliphatic heterocycles. The fourth-order valence-electron chi connectivity index (χ4n) is 4.25. The van der Waals surface area contributed by atoms with Gasteiger partial charge in [0.05, 0.1) is 15.9 Å². The van der Waals surface area contributed by atoms with Crippen LogP contribution in [0.5, 0.6) is 0 Å². The molecular weight excluding hydrogens is 402 g/mol. The van der Waals surface area contributed by atoms with Gasteiger partial charge in [0.25, 0.3) is 5.91 Å². The van der Waals surface area contributed by atoms with E-state index in [9.17, 15) is 14.4 Å². The lowest BCUT2D eigenvalue weighted by Gasteiger charge is -2.19. The predicted octanol–water partition coefficient (Wildman–Crippen LogP) is 3.48. The summed E-state index contributed by atoms with van der Waals surface area (Å²) in [7, 11) is 0. The number of hydrogen-bond acceptors (Lipinski definition) is 5. The van der Waals surface area contributed by atoms with E-state index in [-0.39, 0.29) is 24.8 Å². The van der Waals surface area contributed by atoms with Crippen LogP contribution in [0.1, 0.15) is 32.1 Å². The summed E-state index contributed by atoms with van der Waals surface area (Å²) in [4.78, 5) is 47.4. The topological polar surface area (TPSA) is 107 Å². The van der Waals surface area contributed by atoms with Crippen LogP contribution in [0.15, 0.2) is 35.7 Å². The zero-order valence-corrected chi connectivity index (χ0v) is 17.1. The summed E-state index contributed by atoms with van der Waals surface area (Å²) in [5.74, 6) is 0.348. The SMILES string of the molecule is O=C(CCN1C(=O)NC2(CCCC2)C1=O)Nc1ccc2nc(-c3cccs3)[nH]c2c1. The van der Waals surface area contributed by atoms with Crippen molar-refractivity contribution in [3.63, 3.8) is 0 Å². The second-order valence-electron chi connectivity index (χ2n) is 7.77. The van der Waals surface area contributed by atoms with E-state index in [2.05, 4.69) is 20.6 Å². The largest absolute Gasteiger partial charge is 0.337 e. The molecule has 3 N–H and O–H groups in total. The van der Waals surface area contributed by atoms with E-state index in [0.717, 1.165) is 34.6 Å². The molecule has 154 valence electrons. The molecule has 5 rings (SSSR count). The summed E-state index contributed by atoms with van der Waals surface area (Å²) in [5, 5.41) is 7.67. The lowest BCUT2D eigenvalue weighted by atomic mass is 9.98. The number of aromatic amines is 1. The van der Waals surface area contributed by atoms with Gasteiger partial charge in [0.1, 0.15) is 11.4 Å². The number of fused-ring (bicyclic) bond motifs is 1. The molecule has 0 radical (unpaired) electrons. The highest BCUT2D eigenvalue weighted by Crippen LogP contribution is 2.35. The maximum absolute atomic E-state index is 12.7. The number of amides is 4. The number of benzene rings is 1. The molecule has 1 saturated carbocycles. The normalized spacial score (nSPS) is 17.8. The van der Waals surface area contributed by atoms with Gasteiger partial charge in [-0.3, -0.25) is 14.5 Å². The van der Waals surface area contributed by atoms with Crippen molar-refractivity contribution in [1.82, 2.24) is 20.2 Å². The molecule has 1 aromatic carbocycles. The maximum Gasteiger partial charge on any atom is 0.325 e. The Hall–Kier alpha value is -3.20. The van der Waals surface area contributed by atoms with Crippen LogP contribution in [0, 0.1) is 0 Å². The minimum absolute atomic E-state index is 0.0523. The number of H-pyrrole nitrogens is 1. The first-order valence-electron chi connectivity index (χ1n) is 10.0. The van der Waals surface area contributed by atoms with E-state index in [1.54, 1.807) is 17.4 Å². The van der Waals surface area contributed by atoms with Crippen LogP contribution in [0.2, 0.25) is 0 Å². The zero-order chi connectivity index (χ0) is 20.7. The van der Waals surface area contributed by atoms with Gasteiger partial charge in [0.2, 0.25) is 5.91 Å². The molecule has 2 fully saturated rings. The molecule has 1 aliphatic carbocycles. The third-order valence-corrected chi connectivity index (χ3v) is 6.66. The van der Waals surface area contributed by atoms with E-state index in [0.29, 0.717) is 18.5 Å². The van der Waals surface area contributed by atoms with Crippen molar-refractivity contribution in [3.8, 4) is 10.7 Å². The van der Waals surface area contributed by atoms with Gasteiger partial charge >= 0.3 is 6.03 Å². The molecule has 3 heterocycles. The summed E-state index contributed by atoms with van der Waals surface area (Å²) < 4.78 is 0. The molecule has 2 aromatic heterocycles. The molecule has 4 amide bonds. The lowest BCUT2D eigenvalue weighted by Crippen LogP contribution is -2.44. The Bertz CT molecular complexity index is 1130. The number of nitrogens with one attached hydrogen (secondary N) is 3. The van der Waals surface area contributed by atoms with Gasteiger partial charge < -0.3 is 15.6 Å². The van der Waals surface area contributed by atoms with Crippen molar-refractivity contribution in [3.05, 3.63) is 35.7 Å². The van der Waals surface area contributed by atoms with Crippen molar-refractivity contribution in [2.75, 3.05) is 11.9 Å². The second kappa shape index (κ2) is 7.24. The Balaban J connectivity index is 1.23. The Morgan fingerprint density at radius 1 is 1.23 bits per heavy atom. The van der Waals surface area contributed by atoms with Gasteiger partial charge in [0, 0.05) is 18.7 Å². The fourth-order valence-corrected chi connectivity index (χ4v) is 4.92. The Morgan fingerprint density at radius 3 is 2.83 bits per heavy atom. The molecule has 0 unspecified atom stereocenters. The number of nitrogens with zero attached hydrogens (tertiary/aromatic N) is 2. The first kappa shape index (κ1) is 18.8. The highest BCUT2D eigenvalue weighted by Gasteiger charge is 2.52. The van der Waals surface area contributed by atoms with E-state index >= 15 is 0 Å². The van der Waals surface area contributed by atoms with Crippen LogP contribution in [-0.4, -0.2) is 44.8 Å². The third-order valence-electron chi connectivity index (χ3n) is 5.79. The summed E-state index contributed by atoms with van der Waals surface area (Å²) in [5.41, 5.74) is 1.55. The first-order valence-corrected chi connectivity index (χ1v) is 10.9. The molecule has 9 heteroatoms. The van der Waals surface area contributed by atoms with Gasteiger partial charge in [-0.1, -0.05) is 18.9 Å². The van der Waals surface area contributed by atoms with E-state index in [4.69, 9.17) is 0 Å². The third kappa shape index (κ3) is 3.24. The molecule has 30 heavy (non-hydrogen) atoms. The van der Waals surface area contributed by atoms with Crippen molar-refractivity contribution < 1.29 is 14.4 Å². The fraction of sp³-hybridized carbons (Fsp3) is 0.333. The van der Waals surface area contributed by atoms with Crippen molar-refractivity contribution in [2.24, 2.45) is 0 Å². The average molecular weight is 423 g/mol. The van der Waals surface area contributed by atoms with Crippen LogP contribution in [-0.2, 0) is 9.59 Å². The van der Waals surface area contributed by atoms with Crippen LogP contribution >= 0.6 is 11.3 Å². The van der Waals surface area contributed by atoms with Gasteiger partial charge in [-0.15, -0.1) is 11.3 Å². The summed E-state index contributed by atoms with van der Waals surface area (Å²) in [6.07, 6.45) is 3.28. The summed E-state index contributed by atoms with van der Waals surface area (Å²) in [6.45, 7) is 0.0765. The van der Waals surface area contributed by atoms with Crippen molar-refractivity contribution >= 4 is 45.9 Å². The molecule has 2 aliphatic rings. The van der Waals surface area contributed by atoms with Crippen LogP contribution in [0.25, 0.3) is 21.7 Å². The average Bonchev–Trinajstić information content (AvgIpc) is 3.50. The van der Waals surface area contributed by atoms with Gasteiger partial charge in [0.15, 0.2) is 0 Å². The van der Waals surface area contributed by atoms with Gasteiger partial charge in [-0.25, -0.2) is 9.78 Å².